The molecule has 0 bridgehead atoms. The number of rotatable bonds is 11. The summed E-state index contributed by atoms with van der Waals surface area (Å²) in [6.45, 7) is 14.6. The fourth-order valence-electron chi connectivity index (χ4n) is 9.51. The van der Waals surface area contributed by atoms with E-state index in [-0.39, 0.29) is 0 Å². The minimum Gasteiger partial charge on any atom is -0.310 e. The van der Waals surface area contributed by atoms with Gasteiger partial charge in [0.25, 0.3) is 0 Å². The lowest BCUT2D eigenvalue weighted by Gasteiger charge is -2.27. The van der Waals surface area contributed by atoms with Crippen molar-refractivity contribution in [3.63, 3.8) is 0 Å². The maximum absolute atomic E-state index is 4.30. The maximum atomic E-state index is 4.30. The quantitative estimate of drug-likeness (QED) is 0.129. The van der Waals surface area contributed by atoms with Crippen LogP contribution in [0.15, 0.2) is 243 Å². The third-order valence-corrected chi connectivity index (χ3v) is 12.3. The summed E-state index contributed by atoms with van der Waals surface area (Å²) >= 11 is 0. The summed E-state index contributed by atoms with van der Waals surface area (Å²) in [5.74, 6) is 0. The number of fused-ring (bicyclic) bond motifs is 4. The van der Waals surface area contributed by atoms with Crippen molar-refractivity contribution < 1.29 is 0 Å². The molecule has 0 saturated heterocycles. The van der Waals surface area contributed by atoms with Crippen LogP contribution in [0.25, 0.3) is 67.4 Å². The van der Waals surface area contributed by atoms with Crippen molar-refractivity contribution in [1.29, 1.82) is 0 Å². The van der Waals surface area contributed by atoms with Crippen molar-refractivity contribution >= 4 is 79.0 Å². The summed E-state index contributed by atoms with van der Waals surface area (Å²) < 4.78 is 4.70. The van der Waals surface area contributed by atoms with Crippen molar-refractivity contribution in [3.8, 4) is 22.5 Å². The second-order valence-electron chi connectivity index (χ2n) is 16.9. The summed E-state index contributed by atoms with van der Waals surface area (Å²) in [6, 6.07) is 82.7. The van der Waals surface area contributed by atoms with Crippen LogP contribution >= 0.6 is 0 Å². The van der Waals surface area contributed by atoms with Gasteiger partial charge >= 0.3 is 0 Å². The average Bonchev–Trinajstić information content (AvgIpc) is 3.92. The number of hydrogen-bond donors (Lipinski definition) is 0. The van der Waals surface area contributed by atoms with E-state index < -0.39 is 0 Å². The fourth-order valence-corrected chi connectivity index (χ4v) is 9.51. The van der Waals surface area contributed by atoms with Crippen LogP contribution in [0.1, 0.15) is 52.3 Å². The Kier molecular flexibility index (Phi) is 14.3. The normalized spacial score (nSPS) is 11.0. The number of para-hydroxylation sites is 5. The lowest BCUT2D eigenvalue weighted by Crippen LogP contribution is -2.10. The van der Waals surface area contributed by atoms with Crippen molar-refractivity contribution in [1.82, 2.24) is 9.13 Å². The SMILES string of the molecule is C=Cc1c(/C=C\C)n(-c2ccccc2)c2ccc(N(c3ccccc3)c3cccc(-c4cccc(N(c5ccccc5)c5ccc6c(c5)c5ccccc5n6-c5ccccc5)c4)c3)cc12.CC.CCC. The van der Waals surface area contributed by atoms with E-state index in [9.17, 15) is 0 Å². The molecule has 70 heavy (non-hydrogen) atoms. The first-order chi connectivity index (χ1) is 34.6. The van der Waals surface area contributed by atoms with Gasteiger partial charge in [0, 0.05) is 67.2 Å². The predicted octanol–water partition coefficient (Wildman–Crippen LogP) is 19.5. The van der Waals surface area contributed by atoms with Crippen LogP contribution in [0.2, 0.25) is 0 Å². The van der Waals surface area contributed by atoms with Gasteiger partial charge in [-0.2, -0.15) is 0 Å². The highest BCUT2D eigenvalue weighted by Crippen LogP contribution is 2.43. The molecule has 2 heterocycles. The first-order valence-electron chi connectivity index (χ1n) is 24.6. The molecule has 0 aliphatic heterocycles. The fraction of sp³-hybridized carbons (Fsp3) is 0.0909. The molecule has 344 valence electrons. The van der Waals surface area contributed by atoms with E-state index in [4.69, 9.17) is 0 Å². The maximum Gasteiger partial charge on any atom is 0.0542 e. The summed E-state index contributed by atoms with van der Waals surface area (Å²) in [4.78, 5) is 4.72. The molecule has 0 atom stereocenters. The van der Waals surface area contributed by atoms with E-state index in [1.807, 2.05) is 19.9 Å². The van der Waals surface area contributed by atoms with E-state index in [0.29, 0.717) is 0 Å². The molecule has 0 aliphatic rings. The van der Waals surface area contributed by atoms with E-state index in [0.717, 1.165) is 78.8 Å². The zero-order chi connectivity index (χ0) is 48.4. The molecule has 11 aromatic rings. The first-order valence-corrected chi connectivity index (χ1v) is 24.6. The lowest BCUT2D eigenvalue weighted by molar-refractivity contribution is 1.09. The number of allylic oxidation sites excluding steroid dienone is 1. The van der Waals surface area contributed by atoms with Crippen LogP contribution in [-0.2, 0) is 0 Å². The Morgan fingerprint density at radius 1 is 0.400 bits per heavy atom. The highest BCUT2D eigenvalue weighted by atomic mass is 15.1. The first kappa shape index (κ1) is 46.5. The molecule has 0 amide bonds. The Balaban J connectivity index is 0.00000117. The minimum atomic E-state index is 1.06. The Labute approximate surface area is 414 Å². The highest BCUT2D eigenvalue weighted by molar-refractivity contribution is 6.11. The molecule has 0 unspecified atom stereocenters. The molecule has 4 nitrogen and oxygen atoms in total. The molecule has 0 N–H and O–H groups in total. The van der Waals surface area contributed by atoms with Crippen molar-refractivity contribution in [3.05, 3.63) is 254 Å². The van der Waals surface area contributed by atoms with Crippen molar-refractivity contribution in [2.75, 3.05) is 9.80 Å². The Hall–Kier alpha value is -8.60. The Morgan fingerprint density at radius 2 is 0.800 bits per heavy atom. The Bertz CT molecular complexity index is 3530. The third kappa shape index (κ3) is 9.08. The van der Waals surface area contributed by atoms with Crippen molar-refractivity contribution in [2.24, 2.45) is 0 Å². The monoisotopic (exact) mass is 908 g/mol. The Morgan fingerprint density at radius 3 is 1.30 bits per heavy atom. The average molecular weight is 909 g/mol. The number of hydrogen-bond acceptors (Lipinski definition) is 2. The van der Waals surface area contributed by atoms with Crippen LogP contribution in [0.4, 0.5) is 34.1 Å². The number of anilines is 6. The van der Waals surface area contributed by atoms with Crippen LogP contribution in [-0.4, -0.2) is 9.13 Å². The highest BCUT2D eigenvalue weighted by Gasteiger charge is 2.21. The molecule has 0 fully saturated rings. The van der Waals surface area contributed by atoms with E-state index in [2.05, 4.69) is 289 Å². The standard InChI is InChI=1S/C61H46N4.C3H8.C2H6/c1-3-21-58-54(4-2)56-42-52(36-38-60(56)64(58)48-28-13-7-14-29-48)62(46-24-9-5-10-25-46)50-32-19-22-44(40-50)45-23-20-33-51(41-45)63(47-26-11-6-12-27-47)53-37-39-61-57(43-53)55-34-17-18-35-59(55)65(61)49-30-15-8-16-31-49;1-3-2;1-2/h3-43H,2H2,1H3;3H2,1-2H3;1-2H3/b21-3-;;. The molecular weight excluding hydrogens is 849 g/mol. The van der Waals surface area contributed by atoms with Gasteiger partial charge in [0.05, 0.1) is 22.2 Å². The summed E-state index contributed by atoms with van der Waals surface area (Å²) in [5, 5.41) is 3.57. The van der Waals surface area contributed by atoms with Crippen LogP contribution < -0.4 is 9.80 Å². The topological polar surface area (TPSA) is 16.3 Å². The van der Waals surface area contributed by atoms with Gasteiger partial charge in [-0.1, -0.05) is 168 Å². The van der Waals surface area contributed by atoms with Gasteiger partial charge in [0.2, 0.25) is 0 Å². The molecule has 0 radical (unpaired) electrons. The minimum absolute atomic E-state index is 1.06. The second kappa shape index (κ2) is 21.6. The molecule has 0 saturated carbocycles. The zero-order valence-electron chi connectivity index (χ0n) is 40.9. The van der Waals surface area contributed by atoms with Gasteiger partial charge in [0.1, 0.15) is 0 Å². The zero-order valence-corrected chi connectivity index (χ0v) is 40.9. The molecular formula is C66H60N4. The molecule has 9 aromatic carbocycles. The molecule has 0 spiro atoms. The lowest BCUT2D eigenvalue weighted by atomic mass is 10.0. The summed E-state index contributed by atoms with van der Waals surface area (Å²) in [6.07, 6.45) is 7.51. The molecule has 4 heteroatoms. The predicted molar refractivity (Wildman–Crippen MR) is 305 cm³/mol. The third-order valence-electron chi connectivity index (χ3n) is 12.3. The summed E-state index contributed by atoms with van der Waals surface area (Å²) in [5.41, 5.74) is 16.7. The largest absolute Gasteiger partial charge is 0.310 e. The number of aromatic nitrogens is 2. The smallest absolute Gasteiger partial charge is 0.0542 e. The van der Waals surface area contributed by atoms with Gasteiger partial charge in [-0.3, -0.25) is 0 Å². The van der Waals surface area contributed by atoms with Gasteiger partial charge in [-0.05, 0) is 139 Å². The molecule has 11 rings (SSSR count). The van der Waals surface area contributed by atoms with Crippen LogP contribution in [0.3, 0.4) is 0 Å². The second-order valence-corrected chi connectivity index (χ2v) is 16.9. The van der Waals surface area contributed by atoms with E-state index in [1.54, 1.807) is 0 Å². The van der Waals surface area contributed by atoms with E-state index >= 15 is 0 Å². The number of nitrogens with zero attached hydrogens (tertiary/aromatic N) is 4. The van der Waals surface area contributed by atoms with Crippen LogP contribution in [0.5, 0.6) is 0 Å². The molecule has 0 aliphatic carbocycles. The van der Waals surface area contributed by atoms with Gasteiger partial charge < -0.3 is 18.9 Å². The van der Waals surface area contributed by atoms with Crippen molar-refractivity contribution in [2.45, 2.75) is 41.0 Å². The van der Waals surface area contributed by atoms with Gasteiger partial charge in [-0.25, -0.2) is 0 Å². The van der Waals surface area contributed by atoms with Crippen LogP contribution in [0, 0.1) is 0 Å². The number of benzene rings is 9. The summed E-state index contributed by atoms with van der Waals surface area (Å²) in [7, 11) is 0. The van der Waals surface area contributed by atoms with E-state index in [1.165, 1.54) is 28.2 Å². The van der Waals surface area contributed by atoms with Gasteiger partial charge in [-0.15, -0.1) is 0 Å². The molecule has 2 aromatic heterocycles. The van der Waals surface area contributed by atoms with Gasteiger partial charge in [0.15, 0.2) is 0 Å².